The van der Waals surface area contributed by atoms with E-state index in [9.17, 15) is 10.1 Å². The van der Waals surface area contributed by atoms with Crippen LogP contribution in [0.2, 0.25) is 0 Å². The van der Waals surface area contributed by atoms with E-state index in [1.54, 1.807) is 23.5 Å². The minimum Gasteiger partial charge on any atom is -0.484 e. The largest absolute Gasteiger partial charge is 0.484 e. The number of thiazole rings is 1. The van der Waals surface area contributed by atoms with Gasteiger partial charge in [0, 0.05) is 28.9 Å². The number of aryl methyl sites for hydroxylation is 1. The summed E-state index contributed by atoms with van der Waals surface area (Å²) in [6.07, 6.45) is -0.124. The molecule has 6 nitrogen and oxygen atoms in total. The standard InChI is InChI=1S/C14H17N3O3S/c1-9(2)20-13-6-11(4-5-12(13)17(18)19)15-7-14-16-10(3)8-21-14/h4-6,8-9,15H,7H2,1-3H3. The van der Waals surface area contributed by atoms with E-state index in [0.717, 1.165) is 16.4 Å². The van der Waals surface area contributed by atoms with E-state index in [4.69, 9.17) is 4.74 Å². The molecule has 0 spiro atoms. The van der Waals surface area contributed by atoms with Gasteiger partial charge in [-0.15, -0.1) is 11.3 Å². The zero-order valence-electron chi connectivity index (χ0n) is 12.1. The molecular formula is C14H17N3O3S. The van der Waals surface area contributed by atoms with E-state index in [0.29, 0.717) is 6.54 Å². The van der Waals surface area contributed by atoms with Gasteiger partial charge >= 0.3 is 5.69 Å². The van der Waals surface area contributed by atoms with Gasteiger partial charge in [0.2, 0.25) is 0 Å². The fourth-order valence-electron chi connectivity index (χ4n) is 1.78. The quantitative estimate of drug-likeness (QED) is 0.649. The maximum Gasteiger partial charge on any atom is 0.311 e. The Bertz CT molecular complexity index is 640. The van der Waals surface area contributed by atoms with Crippen LogP contribution in [0.15, 0.2) is 23.6 Å². The molecule has 1 aromatic heterocycles. The van der Waals surface area contributed by atoms with Crippen LogP contribution in [0.4, 0.5) is 11.4 Å². The van der Waals surface area contributed by atoms with Crippen molar-refractivity contribution < 1.29 is 9.66 Å². The molecule has 1 aromatic carbocycles. The number of aromatic nitrogens is 1. The summed E-state index contributed by atoms with van der Waals surface area (Å²) in [5.41, 5.74) is 1.73. The lowest BCUT2D eigenvalue weighted by atomic mass is 10.2. The summed E-state index contributed by atoms with van der Waals surface area (Å²) >= 11 is 1.58. The first kappa shape index (κ1) is 15.2. The molecule has 7 heteroatoms. The first-order valence-corrected chi connectivity index (χ1v) is 7.43. The van der Waals surface area contributed by atoms with Gasteiger partial charge in [-0.05, 0) is 26.8 Å². The highest BCUT2D eigenvalue weighted by molar-refractivity contribution is 7.09. The number of hydrogen-bond acceptors (Lipinski definition) is 6. The molecule has 0 fully saturated rings. The SMILES string of the molecule is Cc1csc(CNc2ccc([N+](=O)[O-])c(OC(C)C)c2)n1. The van der Waals surface area contributed by atoms with Crippen LogP contribution in [-0.4, -0.2) is 16.0 Å². The molecule has 2 aromatic rings. The van der Waals surface area contributed by atoms with Gasteiger partial charge in [0.1, 0.15) is 5.01 Å². The van der Waals surface area contributed by atoms with Crippen LogP contribution in [0, 0.1) is 17.0 Å². The number of nitro benzene ring substituents is 1. The van der Waals surface area contributed by atoms with Crippen LogP contribution in [0.3, 0.4) is 0 Å². The molecule has 0 aliphatic heterocycles. The Labute approximate surface area is 126 Å². The van der Waals surface area contributed by atoms with E-state index in [1.165, 1.54) is 6.07 Å². The molecule has 2 rings (SSSR count). The number of benzene rings is 1. The Morgan fingerprint density at radius 2 is 2.24 bits per heavy atom. The summed E-state index contributed by atoms with van der Waals surface area (Å²) < 4.78 is 5.51. The highest BCUT2D eigenvalue weighted by Crippen LogP contribution is 2.31. The average Bonchev–Trinajstić information content (AvgIpc) is 2.81. The molecule has 1 N–H and O–H groups in total. The topological polar surface area (TPSA) is 77.3 Å². The van der Waals surface area contributed by atoms with Crippen molar-refractivity contribution in [2.45, 2.75) is 33.4 Å². The summed E-state index contributed by atoms with van der Waals surface area (Å²) in [7, 11) is 0. The van der Waals surface area contributed by atoms with E-state index < -0.39 is 4.92 Å². The molecule has 0 amide bonds. The van der Waals surface area contributed by atoms with Crippen molar-refractivity contribution in [1.82, 2.24) is 4.98 Å². The highest BCUT2D eigenvalue weighted by atomic mass is 32.1. The van der Waals surface area contributed by atoms with Gasteiger partial charge in [0.25, 0.3) is 0 Å². The minimum absolute atomic E-state index is 0.0284. The van der Waals surface area contributed by atoms with Crippen LogP contribution >= 0.6 is 11.3 Å². The lowest BCUT2D eigenvalue weighted by Gasteiger charge is -2.12. The summed E-state index contributed by atoms with van der Waals surface area (Å²) in [6.45, 7) is 6.20. The first-order chi connectivity index (χ1) is 9.95. The maximum absolute atomic E-state index is 11.0. The number of ether oxygens (including phenoxy) is 1. The molecule has 0 aliphatic carbocycles. The van der Waals surface area contributed by atoms with Gasteiger partial charge in [0.05, 0.1) is 17.6 Å². The molecule has 0 aliphatic rings. The fraction of sp³-hybridized carbons (Fsp3) is 0.357. The predicted octanol–water partition coefficient (Wildman–Crippen LogP) is 3.76. The normalized spacial score (nSPS) is 10.7. The van der Waals surface area contributed by atoms with E-state index in [2.05, 4.69) is 10.3 Å². The zero-order chi connectivity index (χ0) is 15.4. The fourth-order valence-corrected chi connectivity index (χ4v) is 2.50. The Balaban J connectivity index is 2.14. The lowest BCUT2D eigenvalue weighted by molar-refractivity contribution is -0.386. The van der Waals surface area contributed by atoms with Crippen LogP contribution in [0.1, 0.15) is 24.5 Å². The van der Waals surface area contributed by atoms with Crippen LogP contribution in [-0.2, 0) is 6.54 Å². The molecule has 0 atom stereocenters. The molecular weight excluding hydrogens is 290 g/mol. The summed E-state index contributed by atoms with van der Waals surface area (Å²) in [6, 6.07) is 4.78. The minimum atomic E-state index is -0.439. The Morgan fingerprint density at radius 1 is 1.48 bits per heavy atom. The van der Waals surface area contributed by atoms with Crippen LogP contribution in [0.5, 0.6) is 5.75 Å². The molecule has 112 valence electrons. The molecule has 0 radical (unpaired) electrons. The van der Waals surface area contributed by atoms with Gasteiger partial charge in [-0.3, -0.25) is 10.1 Å². The van der Waals surface area contributed by atoms with Crippen molar-refractivity contribution in [1.29, 1.82) is 0 Å². The lowest BCUT2D eigenvalue weighted by Crippen LogP contribution is -2.08. The smallest absolute Gasteiger partial charge is 0.311 e. The van der Waals surface area contributed by atoms with Gasteiger partial charge in [-0.25, -0.2) is 4.98 Å². The molecule has 0 bridgehead atoms. The van der Waals surface area contributed by atoms with Crippen LogP contribution in [0.25, 0.3) is 0 Å². The number of nitrogens with one attached hydrogen (secondary N) is 1. The van der Waals surface area contributed by atoms with Gasteiger partial charge < -0.3 is 10.1 Å². The first-order valence-electron chi connectivity index (χ1n) is 6.55. The Morgan fingerprint density at radius 3 is 2.81 bits per heavy atom. The monoisotopic (exact) mass is 307 g/mol. The van der Waals surface area contributed by atoms with E-state index in [1.807, 2.05) is 26.2 Å². The van der Waals surface area contributed by atoms with Crippen molar-refractivity contribution in [2.75, 3.05) is 5.32 Å². The zero-order valence-corrected chi connectivity index (χ0v) is 12.9. The number of hydrogen-bond donors (Lipinski definition) is 1. The third kappa shape index (κ3) is 4.16. The number of nitrogens with zero attached hydrogens (tertiary/aromatic N) is 2. The van der Waals surface area contributed by atoms with Crippen molar-refractivity contribution >= 4 is 22.7 Å². The molecule has 1 heterocycles. The second-order valence-electron chi connectivity index (χ2n) is 4.84. The van der Waals surface area contributed by atoms with E-state index in [-0.39, 0.29) is 17.5 Å². The summed E-state index contributed by atoms with van der Waals surface area (Å²) in [4.78, 5) is 14.9. The molecule has 0 saturated heterocycles. The van der Waals surface area contributed by atoms with Crippen molar-refractivity contribution in [3.63, 3.8) is 0 Å². The highest BCUT2D eigenvalue weighted by Gasteiger charge is 2.16. The van der Waals surface area contributed by atoms with Crippen LogP contribution < -0.4 is 10.1 Å². The van der Waals surface area contributed by atoms with Crippen molar-refractivity contribution in [3.05, 3.63) is 44.4 Å². The Kier molecular flexibility index (Phi) is 4.74. The van der Waals surface area contributed by atoms with Gasteiger partial charge in [-0.1, -0.05) is 0 Å². The number of anilines is 1. The summed E-state index contributed by atoms with van der Waals surface area (Å²) in [5.74, 6) is 0.273. The van der Waals surface area contributed by atoms with E-state index >= 15 is 0 Å². The third-order valence-corrected chi connectivity index (χ3v) is 3.60. The summed E-state index contributed by atoms with van der Waals surface area (Å²) in [5, 5.41) is 17.1. The van der Waals surface area contributed by atoms with Gasteiger partial charge in [-0.2, -0.15) is 0 Å². The van der Waals surface area contributed by atoms with Crippen molar-refractivity contribution in [3.8, 4) is 5.75 Å². The molecule has 21 heavy (non-hydrogen) atoms. The average molecular weight is 307 g/mol. The second-order valence-corrected chi connectivity index (χ2v) is 5.79. The third-order valence-electron chi connectivity index (χ3n) is 2.63. The number of rotatable bonds is 6. The Hall–Kier alpha value is -2.15. The van der Waals surface area contributed by atoms with Gasteiger partial charge in [0.15, 0.2) is 5.75 Å². The molecule has 0 saturated carbocycles. The second kappa shape index (κ2) is 6.53. The molecule has 0 unspecified atom stereocenters. The van der Waals surface area contributed by atoms with Crippen molar-refractivity contribution in [2.24, 2.45) is 0 Å². The number of nitro groups is 1. The maximum atomic E-state index is 11.0. The predicted molar refractivity (Wildman–Crippen MR) is 83.0 cm³/mol.